The van der Waals surface area contributed by atoms with Crippen LogP contribution >= 0.6 is 0 Å². The van der Waals surface area contributed by atoms with E-state index in [-0.39, 0.29) is 13.0 Å². The van der Waals surface area contributed by atoms with Crippen molar-refractivity contribution in [3.8, 4) is 0 Å². The predicted molar refractivity (Wildman–Crippen MR) is 65.7 cm³/mol. The second-order valence-corrected chi connectivity index (χ2v) is 5.87. The Hall–Kier alpha value is -1.54. The molecule has 0 spiro atoms. The number of carbonyl (C=O) groups is 3. The first-order chi connectivity index (χ1) is 8.73. The average molecular weight is 289 g/mol. The van der Waals surface area contributed by atoms with Crippen LogP contribution in [0.4, 0.5) is 0 Å². The van der Waals surface area contributed by atoms with E-state index >= 15 is 0 Å². The van der Waals surface area contributed by atoms with Crippen molar-refractivity contribution in [2.24, 2.45) is 0 Å². The van der Waals surface area contributed by atoms with Gasteiger partial charge >= 0.3 is 0 Å². The Labute approximate surface area is 111 Å². The van der Waals surface area contributed by atoms with E-state index in [4.69, 9.17) is 4.55 Å². The van der Waals surface area contributed by atoms with Gasteiger partial charge in [-0.25, -0.2) is 0 Å². The van der Waals surface area contributed by atoms with Gasteiger partial charge in [-0.1, -0.05) is 0 Å². The maximum Gasteiger partial charge on any atom is 0.274 e. The molecule has 0 bridgehead atoms. The molecule has 1 aliphatic rings. The second-order valence-electron chi connectivity index (χ2n) is 4.27. The van der Waals surface area contributed by atoms with Gasteiger partial charge in [-0.3, -0.25) is 23.8 Å². The third-order valence-corrected chi connectivity index (χ3v) is 4.10. The van der Waals surface area contributed by atoms with Gasteiger partial charge in [-0.05, 0) is 26.2 Å². The summed E-state index contributed by atoms with van der Waals surface area (Å²) >= 11 is 0. The van der Waals surface area contributed by atoms with Crippen molar-refractivity contribution in [3.05, 3.63) is 12.2 Å². The zero-order chi connectivity index (χ0) is 14.6. The van der Waals surface area contributed by atoms with Crippen molar-refractivity contribution in [2.45, 2.75) is 31.4 Å². The number of amides is 2. The maximum absolute atomic E-state index is 11.2. The van der Waals surface area contributed by atoms with E-state index < -0.39 is 33.0 Å². The number of imide groups is 1. The first-order valence-electron chi connectivity index (χ1n) is 5.74. The van der Waals surface area contributed by atoms with Crippen LogP contribution in [0.25, 0.3) is 0 Å². The predicted octanol–water partition coefficient (Wildman–Crippen LogP) is -0.0729. The summed E-state index contributed by atoms with van der Waals surface area (Å²) in [5, 5.41) is -1.43. The van der Waals surface area contributed by atoms with Gasteiger partial charge in [0, 0.05) is 18.7 Å². The minimum atomic E-state index is -4.39. The molecule has 1 heterocycles. The molecular weight excluding hydrogens is 274 g/mol. The molecule has 0 fully saturated rings. The number of nitrogens with zero attached hydrogens (tertiary/aromatic N) is 1. The molecule has 1 N–H and O–H groups in total. The van der Waals surface area contributed by atoms with Crippen LogP contribution in [0.2, 0.25) is 0 Å². The van der Waals surface area contributed by atoms with Crippen LogP contribution in [0.1, 0.15) is 26.2 Å². The van der Waals surface area contributed by atoms with Crippen LogP contribution in [0.3, 0.4) is 0 Å². The smallest absolute Gasteiger partial charge is 0.274 e. The highest BCUT2D eigenvalue weighted by Crippen LogP contribution is 2.12. The van der Waals surface area contributed by atoms with Crippen molar-refractivity contribution in [2.75, 3.05) is 6.54 Å². The van der Waals surface area contributed by atoms with Gasteiger partial charge < -0.3 is 0 Å². The highest BCUT2D eigenvalue weighted by atomic mass is 32.2. The summed E-state index contributed by atoms with van der Waals surface area (Å²) in [7, 11) is -4.39. The van der Waals surface area contributed by atoms with E-state index in [1.54, 1.807) is 0 Å². The molecule has 8 heteroatoms. The highest BCUT2D eigenvalue weighted by molar-refractivity contribution is 7.87. The summed E-state index contributed by atoms with van der Waals surface area (Å²) in [5.41, 5.74) is 0. The van der Waals surface area contributed by atoms with Crippen LogP contribution in [-0.2, 0) is 24.5 Å². The molecule has 1 unspecified atom stereocenters. The van der Waals surface area contributed by atoms with Crippen molar-refractivity contribution in [3.63, 3.8) is 0 Å². The minimum Gasteiger partial charge on any atom is -0.298 e. The molecule has 1 atom stereocenters. The molecule has 0 aromatic carbocycles. The Morgan fingerprint density at radius 2 is 1.79 bits per heavy atom. The third-order valence-electron chi connectivity index (χ3n) is 2.81. The molecule has 19 heavy (non-hydrogen) atoms. The van der Waals surface area contributed by atoms with Crippen LogP contribution < -0.4 is 0 Å². The lowest BCUT2D eigenvalue weighted by Crippen LogP contribution is -2.31. The quantitative estimate of drug-likeness (QED) is 0.399. The van der Waals surface area contributed by atoms with E-state index in [1.807, 2.05) is 0 Å². The van der Waals surface area contributed by atoms with E-state index in [0.717, 1.165) is 11.8 Å². The van der Waals surface area contributed by atoms with Crippen molar-refractivity contribution < 1.29 is 27.4 Å². The molecule has 2 amide bonds. The number of hydrogen-bond donors (Lipinski definition) is 1. The second kappa shape index (κ2) is 6.07. The first-order valence-corrected chi connectivity index (χ1v) is 7.24. The Balaban J connectivity index is 2.40. The van der Waals surface area contributed by atoms with Crippen molar-refractivity contribution in [1.82, 2.24) is 4.90 Å². The number of Topliss-reactive ketones (excluding diaryl/α,β-unsaturated/α-hetero) is 1. The summed E-state index contributed by atoms with van der Waals surface area (Å²) < 4.78 is 30.7. The summed E-state index contributed by atoms with van der Waals surface area (Å²) in [4.78, 5) is 34.5. The number of carbonyl (C=O) groups excluding carboxylic acids is 3. The molecule has 0 aromatic rings. The highest BCUT2D eigenvalue weighted by Gasteiger charge is 2.28. The van der Waals surface area contributed by atoms with Crippen LogP contribution in [0.15, 0.2) is 12.2 Å². The third kappa shape index (κ3) is 4.25. The summed E-state index contributed by atoms with van der Waals surface area (Å²) in [6.45, 7) is 1.26. The molecule has 1 aliphatic heterocycles. The van der Waals surface area contributed by atoms with Gasteiger partial charge in [-0.2, -0.15) is 8.42 Å². The standard InChI is InChI=1S/C11H15NO6S/c1-8(13)9(19(16,17)18)4-2-3-7-12-10(14)5-6-11(12)15/h5-6,9H,2-4,7H2,1H3,(H,16,17,18). The zero-order valence-corrected chi connectivity index (χ0v) is 11.2. The fourth-order valence-corrected chi connectivity index (χ4v) is 2.70. The Kier molecular flexibility index (Phi) is 4.96. The monoisotopic (exact) mass is 289 g/mol. The Bertz CT molecular complexity index is 503. The Morgan fingerprint density at radius 3 is 2.21 bits per heavy atom. The van der Waals surface area contributed by atoms with E-state index in [0.29, 0.717) is 12.8 Å². The lowest BCUT2D eigenvalue weighted by molar-refractivity contribution is -0.136. The number of hydrogen-bond acceptors (Lipinski definition) is 5. The van der Waals surface area contributed by atoms with Gasteiger partial charge in [0.05, 0.1) is 0 Å². The Morgan fingerprint density at radius 1 is 1.26 bits per heavy atom. The van der Waals surface area contributed by atoms with Gasteiger partial charge in [0.25, 0.3) is 21.9 Å². The van der Waals surface area contributed by atoms with Crippen molar-refractivity contribution >= 4 is 27.7 Å². The molecule has 0 saturated heterocycles. The molecule has 0 aromatic heterocycles. The van der Waals surface area contributed by atoms with Crippen LogP contribution in [-0.4, -0.2) is 47.3 Å². The number of unbranched alkanes of at least 4 members (excludes halogenated alkanes) is 1. The molecule has 0 radical (unpaired) electrons. The van der Waals surface area contributed by atoms with Crippen LogP contribution in [0, 0.1) is 0 Å². The minimum absolute atomic E-state index is 0.0299. The topological polar surface area (TPSA) is 109 Å². The molecule has 106 valence electrons. The number of ketones is 1. The zero-order valence-electron chi connectivity index (χ0n) is 10.4. The molecule has 0 aliphatic carbocycles. The summed E-state index contributed by atoms with van der Waals surface area (Å²) in [6.07, 6.45) is 2.98. The SMILES string of the molecule is CC(=O)C(CCCCN1C(=O)C=CC1=O)S(=O)(=O)O. The summed E-state index contributed by atoms with van der Waals surface area (Å²) in [6, 6.07) is 0. The average Bonchev–Trinajstić information content (AvgIpc) is 2.57. The summed E-state index contributed by atoms with van der Waals surface area (Å²) in [5.74, 6) is -1.43. The fraction of sp³-hybridized carbons (Fsp3) is 0.545. The first kappa shape index (κ1) is 15.5. The van der Waals surface area contributed by atoms with Gasteiger partial charge in [0.2, 0.25) is 0 Å². The lowest BCUT2D eigenvalue weighted by atomic mass is 10.1. The van der Waals surface area contributed by atoms with Gasteiger partial charge in [0.15, 0.2) is 0 Å². The fourth-order valence-electron chi connectivity index (χ4n) is 1.81. The van der Waals surface area contributed by atoms with E-state index in [2.05, 4.69) is 0 Å². The number of rotatable bonds is 7. The molecule has 7 nitrogen and oxygen atoms in total. The van der Waals surface area contributed by atoms with Gasteiger partial charge in [-0.15, -0.1) is 0 Å². The largest absolute Gasteiger partial charge is 0.298 e. The van der Waals surface area contributed by atoms with E-state index in [9.17, 15) is 22.8 Å². The molecule has 1 rings (SSSR count). The molecule has 0 saturated carbocycles. The lowest BCUT2D eigenvalue weighted by Gasteiger charge is -2.14. The van der Waals surface area contributed by atoms with Gasteiger partial charge in [0.1, 0.15) is 11.0 Å². The van der Waals surface area contributed by atoms with E-state index in [1.165, 1.54) is 12.2 Å². The van der Waals surface area contributed by atoms with Crippen LogP contribution in [0.5, 0.6) is 0 Å². The molecular formula is C11H15NO6S. The van der Waals surface area contributed by atoms with Crippen molar-refractivity contribution in [1.29, 1.82) is 0 Å². The maximum atomic E-state index is 11.2. The normalized spacial score (nSPS) is 17.1.